The molecule has 48 valence electrons. The largest absolute Gasteiger partial charge is 0.329 e. The van der Waals surface area contributed by atoms with E-state index in [9.17, 15) is 0 Å². The Morgan fingerprint density at radius 3 is 2.12 bits per heavy atom. The van der Waals surface area contributed by atoms with Crippen LogP contribution < -0.4 is 5.73 Å². The molecule has 0 amide bonds. The van der Waals surface area contributed by atoms with Crippen molar-refractivity contribution in [2.75, 3.05) is 0 Å². The number of nitrogens with two attached hydrogens (primary N) is 1. The van der Waals surface area contributed by atoms with Gasteiger partial charge in [0.2, 0.25) is 0 Å². The van der Waals surface area contributed by atoms with Gasteiger partial charge in [-0.15, -0.1) is 0 Å². The van der Waals surface area contributed by atoms with Gasteiger partial charge in [0.1, 0.15) is 0 Å². The predicted octanol–water partition coefficient (Wildman–Crippen LogP) is -0.173. The van der Waals surface area contributed by atoms with Crippen molar-refractivity contribution in [1.29, 1.82) is 0 Å². The molecule has 1 aliphatic rings. The van der Waals surface area contributed by atoms with Gasteiger partial charge in [-0.3, -0.25) is 0 Å². The van der Waals surface area contributed by atoms with Gasteiger partial charge >= 0.3 is 0 Å². The lowest BCUT2D eigenvalue weighted by Crippen LogP contribution is -2.47. The van der Waals surface area contributed by atoms with Gasteiger partial charge in [0, 0.05) is 10.2 Å². The Hall–Kier alpha value is 0.177. The van der Waals surface area contributed by atoms with E-state index in [0.29, 0.717) is 0 Å². The number of rotatable bonds is 1. The van der Waals surface area contributed by atoms with Gasteiger partial charge < -0.3 is 5.73 Å². The molecule has 0 aromatic carbocycles. The van der Waals surface area contributed by atoms with E-state index >= 15 is 0 Å². The molecule has 0 heterocycles. The van der Waals surface area contributed by atoms with Crippen LogP contribution >= 0.6 is 0 Å². The van der Waals surface area contributed by atoms with E-state index in [-0.39, 0.29) is 5.16 Å². The number of hydrogen-bond acceptors (Lipinski definition) is 1. The van der Waals surface area contributed by atoms with Crippen LogP contribution in [-0.4, -0.2) is 15.4 Å². The van der Waals surface area contributed by atoms with Gasteiger partial charge in [0.25, 0.3) is 0 Å². The van der Waals surface area contributed by atoms with Crippen molar-refractivity contribution in [3.05, 3.63) is 0 Å². The number of hydrogen-bond donors (Lipinski definition) is 1. The van der Waals surface area contributed by atoms with Gasteiger partial charge in [-0.2, -0.15) is 0 Å². The van der Waals surface area contributed by atoms with E-state index in [4.69, 9.17) is 5.73 Å². The Bertz CT molecular complexity index is 81.0. The molecule has 0 aromatic heterocycles. The molecule has 0 bridgehead atoms. The molecule has 0 unspecified atom stereocenters. The summed E-state index contributed by atoms with van der Waals surface area (Å²) in [5.74, 6) is 0.870. The second kappa shape index (κ2) is 1.85. The minimum atomic E-state index is 0.234. The van der Waals surface area contributed by atoms with Crippen LogP contribution in [-0.2, 0) is 0 Å². The van der Waals surface area contributed by atoms with Crippen LogP contribution in [0.4, 0.5) is 0 Å². The van der Waals surface area contributed by atoms with E-state index in [2.05, 4.69) is 6.92 Å². The molecule has 2 N–H and O–H groups in total. The summed E-state index contributed by atoms with van der Waals surface area (Å²) < 4.78 is 0. The molecular formula is C6H15NSi. The monoisotopic (exact) mass is 129 g/mol. The lowest BCUT2D eigenvalue weighted by atomic mass is 9.80. The van der Waals surface area contributed by atoms with Gasteiger partial charge in [-0.25, -0.2) is 0 Å². The maximum absolute atomic E-state index is 5.90. The maximum Gasteiger partial charge on any atom is 0.0278 e. The van der Waals surface area contributed by atoms with Crippen LogP contribution in [0.2, 0.25) is 0 Å². The Morgan fingerprint density at radius 2 is 2.12 bits per heavy atom. The molecule has 1 nitrogen and oxygen atoms in total. The van der Waals surface area contributed by atoms with Crippen molar-refractivity contribution in [2.45, 2.75) is 31.3 Å². The highest BCUT2D eigenvalue weighted by atomic mass is 28.1. The smallest absolute Gasteiger partial charge is 0.0278 e. The fourth-order valence-corrected chi connectivity index (χ4v) is 1.73. The summed E-state index contributed by atoms with van der Waals surface area (Å²) in [4.78, 5) is 0. The fraction of sp³-hybridized carbons (Fsp3) is 1.00. The zero-order chi connectivity index (χ0) is 6.20. The molecule has 1 fully saturated rings. The third-order valence-electron chi connectivity index (χ3n) is 2.16. The summed E-state index contributed by atoms with van der Waals surface area (Å²) in [6.07, 6.45) is 4.19. The van der Waals surface area contributed by atoms with Crippen molar-refractivity contribution >= 4 is 10.2 Å². The molecule has 0 radical (unpaired) electrons. The first kappa shape index (κ1) is 6.30. The topological polar surface area (TPSA) is 26.0 Å². The maximum atomic E-state index is 5.90. The highest BCUT2D eigenvalue weighted by Gasteiger charge is 2.29. The van der Waals surface area contributed by atoms with Crippen molar-refractivity contribution in [3.8, 4) is 0 Å². The van der Waals surface area contributed by atoms with Crippen LogP contribution in [0.5, 0.6) is 0 Å². The fourth-order valence-electron chi connectivity index (χ4n) is 1.15. The van der Waals surface area contributed by atoms with E-state index in [0.717, 1.165) is 16.2 Å². The van der Waals surface area contributed by atoms with E-state index < -0.39 is 0 Å². The van der Waals surface area contributed by atoms with Gasteiger partial charge in [0.15, 0.2) is 0 Å². The summed E-state index contributed by atoms with van der Waals surface area (Å²) in [6, 6.07) is 0. The highest BCUT2D eigenvalue weighted by molar-refractivity contribution is 6.15. The molecule has 2 heteroatoms. The van der Waals surface area contributed by atoms with Crippen LogP contribution in [0.15, 0.2) is 0 Å². The second-order valence-corrected chi connectivity index (χ2v) is 5.60. The van der Waals surface area contributed by atoms with Crippen LogP contribution in [0, 0.1) is 5.92 Å². The molecule has 1 atom stereocenters. The molecule has 0 spiro atoms. The molecule has 1 rings (SSSR count). The van der Waals surface area contributed by atoms with E-state index in [1.165, 1.54) is 19.3 Å². The third kappa shape index (κ3) is 1.12. The molecule has 1 aliphatic carbocycles. The van der Waals surface area contributed by atoms with Crippen molar-refractivity contribution < 1.29 is 0 Å². The Morgan fingerprint density at radius 1 is 1.62 bits per heavy atom. The zero-order valence-electron chi connectivity index (χ0n) is 5.78. The average molecular weight is 129 g/mol. The molecular weight excluding hydrogens is 114 g/mol. The van der Waals surface area contributed by atoms with Crippen molar-refractivity contribution in [1.82, 2.24) is 0 Å². The van der Waals surface area contributed by atoms with E-state index in [1.807, 2.05) is 0 Å². The molecule has 0 aliphatic heterocycles. The van der Waals surface area contributed by atoms with Gasteiger partial charge in [0.05, 0.1) is 0 Å². The molecule has 0 aromatic rings. The average Bonchev–Trinajstić information content (AvgIpc) is 1.16. The predicted molar refractivity (Wildman–Crippen MR) is 39.9 cm³/mol. The lowest BCUT2D eigenvalue weighted by molar-refractivity contribution is 0.246. The summed E-state index contributed by atoms with van der Waals surface area (Å²) in [5, 5.41) is 0.234. The SMILES string of the molecule is C[C@](N)([SiH3])C1CCC1. The Balaban J connectivity index is 2.34. The quantitative estimate of drug-likeness (QED) is 0.489. The summed E-state index contributed by atoms with van der Waals surface area (Å²) in [7, 11) is 1.15. The normalized spacial score (nSPS) is 29.2. The zero-order valence-corrected chi connectivity index (χ0v) is 7.78. The first-order chi connectivity index (χ1) is 3.61. The first-order valence-electron chi connectivity index (χ1n) is 3.39. The molecule has 1 saturated carbocycles. The summed E-state index contributed by atoms with van der Waals surface area (Å²) in [5.41, 5.74) is 5.90. The molecule has 8 heavy (non-hydrogen) atoms. The Labute approximate surface area is 54.1 Å². The van der Waals surface area contributed by atoms with Crippen molar-refractivity contribution in [2.24, 2.45) is 11.7 Å². The van der Waals surface area contributed by atoms with Gasteiger partial charge in [-0.05, 0) is 23.9 Å². The Kier molecular flexibility index (Phi) is 1.45. The summed E-state index contributed by atoms with van der Waals surface area (Å²) >= 11 is 0. The minimum absolute atomic E-state index is 0.234. The molecule has 0 saturated heterocycles. The third-order valence-corrected chi connectivity index (χ3v) is 2.97. The van der Waals surface area contributed by atoms with Crippen LogP contribution in [0.25, 0.3) is 0 Å². The standard InChI is InChI=1S/C6H15NSi/c1-6(7,8)5-3-2-4-5/h5H,2-4,7H2,1,8H3/t6-/m0/s1. The lowest BCUT2D eigenvalue weighted by Gasteiger charge is -2.37. The van der Waals surface area contributed by atoms with E-state index in [1.54, 1.807) is 0 Å². The van der Waals surface area contributed by atoms with Gasteiger partial charge in [-0.1, -0.05) is 13.3 Å². The summed E-state index contributed by atoms with van der Waals surface area (Å²) in [6.45, 7) is 2.18. The van der Waals surface area contributed by atoms with Crippen molar-refractivity contribution in [3.63, 3.8) is 0 Å². The van der Waals surface area contributed by atoms with Crippen LogP contribution in [0.3, 0.4) is 0 Å². The second-order valence-electron chi connectivity index (χ2n) is 3.45. The highest BCUT2D eigenvalue weighted by Crippen LogP contribution is 2.32. The van der Waals surface area contributed by atoms with Crippen LogP contribution in [0.1, 0.15) is 26.2 Å². The first-order valence-corrected chi connectivity index (χ1v) is 4.39. The minimum Gasteiger partial charge on any atom is -0.329 e.